The van der Waals surface area contributed by atoms with E-state index in [9.17, 15) is 5.11 Å². The van der Waals surface area contributed by atoms with Gasteiger partial charge in [0.2, 0.25) is 0 Å². The fourth-order valence-electron chi connectivity index (χ4n) is 4.36. The summed E-state index contributed by atoms with van der Waals surface area (Å²) in [4.78, 5) is 0. The molecule has 2 aliphatic rings. The molecular weight excluding hydrogens is 234 g/mol. The van der Waals surface area contributed by atoms with Gasteiger partial charge in [0.25, 0.3) is 0 Å². The summed E-state index contributed by atoms with van der Waals surface area (Å²) < 4.78 is 0. The van der Waals surface area contributed by atoms with Gasteiger partial charge in [-0.3, -0.25) is 0 Å². The molecule has 112 valence electrons. The first-order chi connectivity index (χ1) is 9.03. The summed E-state index contributed by atoms with van der Waals surface area (Å²) in [5.74, 6) is 2.32. The van der Waals surface area contributed by atoms with Gasteiger partial charge in [0.05, 0.1) is 5.60 Å². The molecule has 0 spiro atoms. The van der Waals surface area contributed by atoms with Gasteiger partial charge >= 0.3 is 0 Å². The molecule has 0 amide bonds. The molecule has 0 aromatic heterocycles. The number of hydrogen-bond acceptors (Lipinski definition) is 2. The molecule has 19 heavy (non-hydrogen) atoms. The van der Waals surface area contributed by atoms with Gasteiger partial charge in [-0.05, 0) is 56.4 Å². The summed E-state index contributed by atoms with van der Waals surface area (Å²) in [6.07, 6.45) is 9.60. The van der Waals surface area contributed by atoms with Gasteiger partial charge in [-0.2, -0.15) is 0 Å². The highest BCUT2D eigenvalue weighted by Crippen LogP contribution is 2.40. The average molecular weight is 267 g/mol. The summed E-state index contributed by atoms with van der Waals surface area (Å²) in [5, 5.41) is 14.7. The molecule has 0 radical (unpaired) electrons. The Morgan fingerprint density at radius 3 is 2.74 bits per heavy atom. The van der Waals surface area contributed by atoms with Gasteiger partial charge in [0.15, 0.2) is 0 Å². The Bertz CT molecular complexity index is 278. The van der Waals surface area contributed by atoms with E-state index in [1.165, 1.54) is 38.5 Å². The molecule has 2 nitrogen and oxygen atoms in total. The maximum Gasteiger partial charge on any atom is 0.0802 e. The molecular formula is C17H33NO. The average Bonchev–Trinajstić information content (AvgIpc) is 2.38. The molecule has 1 aliphatic heterocycles. The molecule has 1 saturated carbocycles. The normalized spacial score (nSPS) is 40.6. The summed E-state index contributed by atoms with van der Waals surface area (Å²) in [7, 11) is 0. The third-order valence-corrected chi connectivity index (χ3v) is 5.41. The summed E-state index contributed by atoms with van der Waals surface area (Å²) in [6.45, 7) is 8.00. The Balaban J connectivity index is 1.96. The summed E-state index contributed by atoms with van der Waals surface area (Å²) in [6, 6.07) is 0.348. The Kier molecular flexibility index (Phi) is 5.30. The quantitative estimate of drug-likeness (QED) is 0.813. The number of nitrogens with one attached hydrogen (secondary N) is 1. The van der Waals surface area contributed by atoms with Gasteiger partial charge in [-0.15, -0.1) is 0 Å². The molecule has 2 N–H and O–H groups in total. The van der Waals surface area contributed by atoms with Crippen molar-refractivity contribution in [2.45, 2.75) is 83.8 Å². The highest BCUT2D eigenvalue weighted by atomic mass is 16.3. The molecule has 4 unspecified atom stereocenters. The summed E-state index contributed by atoms with van der Waals surface area (Å²) in [5.41, 5.74) is -0.425. The van der Waals surface area contributed by atoms with Crippen LogP contribution in [0.4, 0.5) is 0 Å². The van der Waals surface area contributed by atoms with E-state index in [1.807, 2.05) is 0 Å². The minimum Gasteiger partial charge on any atom is -0.388 e. The maximum atomic E-state index is 11.1. The van der Waals surface area contributed by atoms with Crippen LogP contribution >= 0.6 is 0 Å². The van der Waals surface area contributed by atoms with E-state index in [2.05, 4.69) is 26.1 Å². The van der Waals surface area contributed by atoms with Crippen molar-refractivity contribution in [2.75, 3.05) is 6.54 Å². The predicted octanol–water partition coefficient (Wildman–Crippen LogP) is 3.73. The molecule has 1 aliphatic carbocycles. The lowest BCUT2D eigenvalue weighted by molar-refractivity contribution is -0.0615. The van der Waals surface area contributed by atoms with Crippen LogP contribution in [0, 0.1) is 17.8 Å². The minimum absolute atomic E-state index is 0.348. The fraction of sp³-hybridized carbons (Fsp3) is 1.00. The van der Waals surface area contributed by atoms with E-state index in [1.54, 1.807) is 0 Å². The molecule has 1 heterocycles. The molecule has 0 aromatic rings. The van der Waals surface area contributed by atoms with Crippen LogP contribution in [0.3, 0.4) is 0 Å². The van der Waals surface area contributed by atoms with Crippen LogP contribution in [0.1, 0.15) is 72.1 Å². The van der Waals surface area contributed by atoms with Crippen molar-refractivity contribution >= 4 is 0 Å². The Morgan fingerprint density at radius 1 is 1.26 bits per heavy atom. The number of piperidine rings is 1. The third-order valence-electron chi connectivity index (χ3n) is 5.41. The molecule has 1 saturated heterocycles. The Hall–Kier alpha value is -0.0800. The van der Waals surface area contributed by atoms with E-state index >= 15 is 0 Å². The molecule has 2 heteroatoms. The maximum absolute atomic E-state index is 11.1. The second kappa shape index (κ2) is 6.58. The van der Waals surface area contributed by atoms with Crippen molar-refractivity contribution in [3.8, 4) is 0 Å². The predicted molar refractivity (Wildman–Crippen MR) is 81.2 cm³/mol. The molecule has 0 aromatic carbocycles. The second-order valence-corrected chi connectivity index (χ2v) is 7.50. The molecule has 2 fully saturated rings. The van der Waals surface area contributed by atoms with Crippen molar-refractivity contribution in [1.82, 2.24) is 5.32 Å². The minimum atomic E-state index is -0.425. The standard InChI is InChI=1S/C17H33NO/c1-4-14-7-9-18-16(11-14)17(19)8-5-6-15(12-17)10-13(2)3/h13-16,18-19H,4-12H2,1-3H3. The van der Waals surface area contributed by atoms with Gasteiger partial charge in [-0.1, -0.05) is 40.0 Å². The van der Waals surface area contributed by atoms with Gasteiger partial charge in [0, 0.05) is 6.04 Å². The zero-order chi connectivity index (χ0) is 13.9. The fourth-order valence-corrected chi connectivity index (χ4v) is 4.36. The topological polar surface area (TPSA) is 32.3 Å². The second-order valence-electron chi connectivity index (χ2n) is 7.50. The smallest absolute Gasteiger partial charge is 0.0802 e. The summed E-state index contributed by atoms with van der Waals surface area (Å²) >= 11 is 0. The van der Waals surface area contributed by atoms with E-state index in [4.69, 9.17) is 0 Å². The van der Waals surface area contributed by atoms with Crippen LogP contribution in [0.2, 0.25) is 0 Å². The zero-order valence-corrected chi connectivity index (χ0v) is 13.1. The number of rotatable bonds is 4. The third kappa shape index (κ3) is 3.95. The largest absolute Gasteiger partial charge is 0.388 e. The first-order valence-corrected chi connectivity index (χ1v) is 8.49. The first kappa shape index (κ1) is 15.3. The monoisotopic (exact) mass is 267 g/mol. The van der Waals surface area contributed by atoms with Gasteiger partial charge in [0.1, 0.15) is 0 Å². The molecule has 0 bridgehead atoms. The highest BCUT2D eigenvalue weighted by molar-refractivity contribution is 4.98. The van der Waals surface area contributed by atoms with Crippen molar-refractivity contribution in [1.29, 1.82) is 0 Å². The van der Waals surface area contributed by atoms with E-state index < -0.39 is 5.60 Å². The molecule has 4 atom stereocenters. The highest BCUT2D eigenvalue weighted by Gasteiger charge is 2.42. The number of aliphatic hydroxyl groups is 1. The Labute approximate surface area is 119 Å². The van der Waals surface area contributed by atoms with Gasteiger partial charge in [-0.25, -0.2) is 0 Å². The van der Waals surface area contributed by atoms with Crippen LogP contribution in [0.15, 0.2) is 0 Å². The van der Waals surface area contributed by atoms with Crippen molar-refractivity contribution in [2.24, 2.45) is 17.8 Å². The van der Waals surface area contributed by atoms with Crippen LogP contribution in [0.5, 0.6) is 0 Å². The van der Waals surface area contributed by atoms with E-state index in [-0.39, 0.29) is 0 Å². The first-order valence-electron chi connectivity index (χ1n) is 8.49. The van der Waals surface area contributed by atoms with E-state index in [0.717, 1.165) is 37.1 Å². The molecule has 2 rings (SSSR count). The van der Waals surface area contributed by atoms with Crippen LogP contribution in [-0.4, -0.2) is 23.3 Å². The van der Waals surface area contributed by atoms with Crippen molar-refractivity contribution in [3.63, 3.8) is 0 Å². The van der Waals surface area contributed by atoms with Gasteiger partial charge < -0.3 is 10.4 Å². The zero-order valence-electron chi connectivity index (χ0n) is 13.1. The SMILES string of the molecule is CCC1CCNC(C2(O)CCCC(CC(C)C)C2)C1. The number of hydrogen-bond donors (Lipinski definition) is 2. The lowest BCUT2D eigenvalue weighted by Gasteiger charge is -2.46. The van der Waals surface area contributed by atoms with E-state index in [0.29, 0.717) is 6.04 Å². The lowest BCUT2D eigenvalue weighted by Crippen LogP contribution is -2.56. The Morgan fingerprint density at radius 2 is 2.05 bits per heavy atom. The van der Waals surface area contributed by atoms with Crippen LogP contribution in [0.25, 0.3) is 0 Å². The van der Waals surface area contributed by atoms with Crippen molar-refractivity contribution < 1.29 is 5.11 Å². The lowest BCUT2D eigenvalue weighted by atomic mass is 9.69. The van der Waals surface area contributed by atoms with Crippen molar-refractivity contribution in [3.05, 3.63) is 0 Å². The van der Waals surface area contributed by atoms with Crippen LogP contribution < -0.4 is 5.32 Å². The van der Waals surface area contributed by atoms with Crippen LogP contribution in [-0.2, 0) is 0 Å².